The zero-order chi connectivity index (χ0) is 15.1. The highest BCUT2D eigenvalue weighted by atomic mass is 32.1. The molecule has 0 saturated carbocycles. The van der Waals surface area contributed by atoms with E-state index in [9.17, 15) is 4.39 Å². The van der Waals surface area contributed by atoms with Crippen molar-refractivity contribution in [2.75, 3.05) is 12.4 Å². The molecule has 0 fully saturated rings. The molecule has 0 heterocycles. The Kier molecular flexibility index (Phi) is 5.22. The van der Waals surface area contributed by atoms with Crippen molar-refractivity contribution >= 4 is 29.2 Å². The lowest BCUT2D eigenvalue weighted by molar-refractivity contribution is 0.415. The number of hydrogen-bond acceptors (Lipinski definition) is 3. The highest BCUT2D eigenvalue weighted by Crippen LogP contribution is 2.16. The van der Waals surface area contributed by atoms with Crippen LogP contribution in [0.2, 0.25) is 0 Å². The van der Waals surface area contributed by atoms with E-state index < -0.39 is 0 Å². The quantitative estimate of drug-likeness (QED) is 0.517. The number of halogens is 1. The van der Waals surface area contributed by atoms with E-state index in [1.807, 2.05) is 18.2 Å². The zero-order valence-corrected chi connectivity index (χ0v) is 12.2. The number of hydrogen-bond donors (Lipinski definition) is 2. The number of rotatable bonds is 4. The van der Waals surface area contributed by atoms with Crippen LogP contribution in [-0.4, -0.2) is 18.4 Å². The van der Waals surface area contributed by atoms with Crippen LogP contribution in [0.15, 0.2) is 53.6 Å². The summed E-state index contributed by atoms with van der Waals surface area (Å²) in [4.78, 5) is 0. The summed E-state index contributed by atoms with van der Waals surface area (Å²) in [6.07, 6.45) is 1.37. The fraction of sp³-hybridized carbons (Fsp3) is 0.0667. The van der Waals surface area contributed by atoms with Crippen LogP contribution in [0.25, 0.3) is 0 Å². The Balaban J connectivity index is 1.91. The second-order valence-corrected chi connectivity index (χ2v) is 4.49. The third kappa shape index (κ3) is 4.54. The van der Waals surface area contributed by atoms with Crippen molar-refractivity contribution < 1.29 is 9.13 Å². The van der Waals surface area contributed by atoms with E-state index in [1.54, 1.807) is 31.4 Å². The Morgan fingerprint density at radius 2 is 2.05 bits per heavy atom. The van der Waals surface area contributed by atoms with E-state index in [4.69, 9.17) is 17.0 Å². The first-order valence-corrected chi connectivity index (χ1v) is 6.58. The van der Waals surface area contributed by atoms with E-state index in [0.29, 0.717) is 10.7 Å². The van der Waals surface area contributed by atoms with E-state index in [2.05, 4.69) is 15.8 Å². The molecule has 0 bridgehead atoms. The molecule has 6 heteroatoms. The molecular weight excluding hydrogens is 289 g/mol. The van der Waals surface area contributed by atoms with Crippen LogP contribution in [0.5, 0.6) is 5.75 Å². The fourth-order valence-electron chi connectivity index (χ4n) is 1.60. The molecule has 21 heavy (non-hydrogen) atoms. The van der Waals surface area contributed by atoms with Gasteiger partial charge in [-0.25, -0.2) is 4.39 Å². The first-order chi connectivity index (χ1) is 10.2. The van der Waals surface area contributed by atoms with Gasteiger partial charge in [-0.3, -0.25) is 5.43 Å². The number of thiocarbonyl (C=S) groups is 1. The first kappa shape index (κ1) is 14.9. The van der Waals surface area contributed by atoms with Gasteiger partial charge in [0.05, 0.1) is 13.3 Å². The molecule has 2 aromatic carbocycles. The molecule has 0 aliphatic heterocycles. The minimum Gasteiger partial charge on any atom is -0.497 e. The van der Waals surface area contributed by atoms with Crippen LogP contribution in [0.4, 0.5) is 10.1 Å². The number of hydrazone groups is 1. The number of ether oxygens (including phenoxy) is 1. The average Bonchev–Trinajstić information content (AvgIpc) is 2.49. The summed E-state index contributed by atoms with van der Waals surface area (Å²) < 4.78 is 18.5. The van der Waals surface area contributed by atoms with Crippen LogP contribution < -0.4 is 15.5 Å². The van der Waals surface area contributed by atoms with Crippen molar-refractivity contribution in [2.24, 2.45) is 5.10 Å². The Labute approximate surface area is 127 Å². The Morgan fingerprint density at radius 1 is 1.24 bits per heavy atom. The van der Waals surface area contributed by atoms with Gasteiger partial charge in [-0.2, -0.15) is 5.10 Å². The molecule has 0 aliphatic rings. The molecule has 2 aromatic rings. The second-order valence-electron chi connectivity index (χ2n) is 4.08. The summed E-state index contributed by atoms with van der Waals surface area (Å²) in [5.41, 5.74) is 3.78. The minimum atomic E-state index is -0.338. The summed E-state index contributed by atoms with van der Waals surface area (Å²) in [6.45, 7) is 0. The summed E-state index contributed by atoms with van der Waals surface area (Å²) in [6, 6.07) is 13.7. The molecule has 0 saturated heterocycles. The van der Waals surface area contributed by atoms with E-state index in [1.165, 1.54) is 12.3 Å². The van der Waals surface area contributed by atoms with Crippen molar-refractivity contribution in [1.29, 1.82) is 0 Å². The smallest absolute Gasteiger partial charge is 0.191 e. The number of nitrogens with zero attached hydrogens (tertiary/aromatic N) is 1. The Morgan fingerprint density at radius 3 is 2.81 bits per heavy atom. The van der Waals surface area contributed by atoms with Crippen molar-refractivity contribution in [3.63, 3.8) is 0 Å². The standard InChI is InChI=1S/C15H14FN3OS/c1-20-13-7-4-6-12(9-13)18-15(21)19-17-10-11-5-2-3-8-14(11)16/h2-10H,1H3,(H2,18,19,21)/b17-10-. The van der Waals surface area contributed by atoms with Crippen LogP contribution in [0, 0.1) is 5.82 Å². The SMILES string of the molecule is COc1cccc(NC(=S)N/N=C\c2ccccc2F)c1. The summed E-state index contributed by atoms with van der Waals surface area (Å²) in [5.74, 6) is 0.382. The lowest BCUT2D eigenvalue weighted by Crippen LogP contribution is -2.23. The van der Waals surface area contributed by atoms with Gasteiger partial charge in [0, 0.05) is 17.3 Å². The maximum atomic E-state index is 13.4. The topological polar surface area (TPSA) is 45.6 Å². The van der Waals surface area contributed by atoms with Gasteiger partial charge in [0.25, 0.3) is 0 Å². The minimum absolute atomic E-state index is 0.302. The van der Waals surface area contributed by atoms with E-state index in [-0.39, 0.29) is 5.82 Å². The second kappa shape index (κ2) is 7.35. The van der Waals surface area contributed by atoms with Crippen molar-refractivity contribution in [3.8, 4) is 5.75 Å². The monoisotopic (exact) mass is 303 g/mol. The largest absolute Gasteiger partial charge is 0.497 e. The number of methoxy groups -OCH3 is 1. The van der Waals surface area contributed by atoms with E-state index >= 15 is 0 Å². The van der Waals surface area contributed by atoms with Gasteiger partial charge in [-0.15, -0.1) is 0 Å². The lowest BCUT2D eigenvalue weighted by atomic mass is 10.2. The fourth-order valence-corrected chi connectivity index (χ4v) is 1.77. The molecule has 0 radical (unpaired) electrons. The number of anilines is 1. The van der Waals surface area contributed by atoms with Crippen LogP contribution in [0.1, 0.15) is 5.56 Å². The van der Waals surface area contributed by atoms with Crippen LogP contribution in [0.3, 0.4) is 0 Å². The maximum absolute atomic E-state index is 13.4. The van der Waals surface area contributed by atoms with Crippen molar-refractivity contribution in [2.45, 2.75) is 0 Å². The van der Waals surface area contributed by atoms with Gasteiger partial charge in [0.2, 0.25) is 0 Å². The highest BCUT2D eigenvalue weighted by molar-refractivity contribution is 7.80. The molecular formula is C15H14FN3OS. The van der Waals surface area contributed by atoms with Gasteiger partial charge in [-0.05, 0) is 30.4 Å². The van der Waals surface area contributed by atoms with Crippen LogP contribution >= 0.6 is 12.2 Å². The van der Waals surface area contributed by atoms with Crippen molar-refractivity contribution in [3.05, 3.63) is 59.9 Å². The normalized spacial score (nSPS) is 10.4. The lowest BCUT2D eigenvalue weighted by Gasteiger charge is -2.08. The molecule has 2 N–H and O–H groups in total. The summed E-state index contributed by atoms with van der Waals surface area (Å²) >= 11 is 5.09. The summed E-state index contributed by atoms with van der Waals surface area (Å²) in [5, 5.41) is 7.14. The predicted molar refractivity (Wildman–Crippen MR) is 86.3 cm³/mol. The molecule has 2 rings (SSSR count). The molecule has 0 atom stereocenters. The third-order valence-corrected chi connectivity index (χ3v) is 2.80. The average molecular weight is 303 g/mol. The molecule has 108 valence electrons. The van der Waals surface area contributed by atoms with Gasteiger partial charge in [0.1, 0.15) is 11.6 Å². The third-order valence-electron chi connectivity index (χ3n) is 2.60. The molecule has 0 aromatic heterocycles. The molecule has 0 aliphatic carbocycles. The van der Waals surface area contributed by atoms with Crippen molar-refractivity contribution in [1.82, 2.24) is 5.43 Å². The van der Waals surface area contributed by atoms with Crippen LogP contribution in [-0.2, 0) is 0 Å². The predicted octanol–water partition coefficient (Wildman–Crippen LogP) is 3.15. The van der Waals surface area contributed by atoms with Gasteiger partial charge in [0.15, 0.2) is 5.11 Å². The summed E-state index contributed by atoms with van der Waals surface area (Å²) in [7, 11) is 1.59. The number of benzene rings is 2. The molecule has 0 unspecified atom stereocenters. The van der Waals surface area contributed by atoms with E-state index in [0.717, 1.165) is 11.4 Å². The highest BCUT2D eigenvalue weighted by Gasteiger charge is 1.99. The Hall–Kier alpha value is -2.47. The first-order valence-electron chi connectivity index (χ1n) is 6.17. The maximum Gasteiger partial charge on any atom is 0.191 e. The zero-order valence-electron chi connectivity index (χ0n) is 11.3. The Bertz CT molecular complexity index is 661. The molecule has 0 spiro atoms. The van der Waals surface area contributed by atoms with Gasteiger partial charge >= 0.3 is 0 Å². The van der Waals surface area contributed by atoms with Gasteiger partial charge in [-0.1, -0.05) is 24.3 Å². The molecule has 4 nitrogen and oxygen atoms in total. The number of nitrogens with one attached hydrogen (secondary N) is 2. The molecule has 0 amide bonds. The van der Waals surface area contributed by atoms with Gasteiger partial charge < -0.3 is 10.1 Å².